The molecule has 2 heterocycles. The van der Waals surface area contributed by atoms with Gasteiger partial charge in [0.05, 0.1) is 0 Å². The van der Waals surface area contributed by atoms with Crippen molar-refractivity contribution >= 4 is 16.5 Å². The standard InChI is InChI=1S/C10H18N4OS/c1-11-10-9(12-13-16-10)6-14-4-2-8(7-15)3-5-14/h8,11,15H,2-7H2,1H3. The molecule has 0 aliphatic carbocycles. The average Bonchev–Trinajstić information content (AvgIpc) is 2.77. The molecule has 1 aliphatic heterocycles. The number of nitrogens with one attached hydrogen (secondary N) is 1. The van der Waals surface area contributed by atoms with Crippen molar-refractivity contribution in [2.75, 3.05) is 32.1 Å². The van der Waals surface area contributed by atoms with E-state index in [1.165, 1.54) is 11.5 Å². The van der Waals surface area contributed by atoms with Crippen LogP contribution in [0.4, 0.5) is 5.00 Å². The monoisotopic (exact) mass is 242 g/mol. The van der Waals surface area contributed by atoms with Crippen LogP contribution in [-0.4, -0.2) is 46.3 Å². The summed E-state index contributed by atoms with van der Waals surface area (Å²) >= 11 is 1.40. The van der Waals surface area contributed by atoms with Gasteiger partial charge in [0.15, 0.2) is 0 Å². The molecular formula is C10H18N4OS. The van der Waals surface area contributed by atoms with Crippen LogP contribution in [0.3, 0.4) is 0 Å². The highest BCUT2D eigenvalue weighted by Gasteiger charge is 2.20. The van der Waals surface area contributed by atoms with Crippen molar-refractivity contribution in [1.29, 1.82) is 0 Å². The third-order valence-corrected chi connectivity index (χ3v) is 3.91. The Balaban J connectivity index is 1.87. The van der Waals surface area contributed by atoms with Crippen molar-refractivity contribution < 1.29 is 5.11 Å². The fraction of sp³-hybridized carbons (Fsp3) is 0.800. The van der Waals surface area contributed by atoms with Gasteiger partial charge in [-0.3, -0.25) is 4.90 Å². The Morgan fingerprint density at radius 3 is 2.88 bits per heavy atom. The lowest BCUT2D eigenvalue weighted by Gasteiger charge is -2.30. The number of hydrogen-bond acceptors (Lipinski definition) is 6. The van der Waals surface area contributed by atoms with Crippen LogP contribution in [0, 0.1) is 5.92 Å². The summed E-state index contributed by atoms with van der Waals surface area (Å²) in [5, 5.41) is 17.4. The smallest absolute Gasteiger partial charge is 0.134 e. The number of anilines is 1. The summed E-state index contributed by atoms with van der Waals surface area (Å²) in [7, 11) is 1.90. The van der Waals surface area contributed by atoms with Crippen LogP contribution in [0.25, 0.3) is 0 Å². The molecule has 2 rings (SSSR count). The molecule has 0 radical (unpaired) electrons. The first-order valence-electron chi connectivity index (χ1n) is 5.65. The lowest BCUT2D eigenvalue weighted by molar-refractivity contribution is 0.126. The second kappa shape index (κ2) is 5.56. The topological polar surface area (TPSA) is 61.3 Å². The Bertz CT molecular complexity index is 322. The van der Waals surface area contributed by atoms with E-state index in [1.807, 2.05) is 7.05 Å². The van der Waals surface area contributed by atoms with E-state index in [0.717, 1.165) is 43.2 Å². The number of aliphatic hydroxyl groups is 1. The summed E-state index contributed by atoms with van der Waals surface area (Å²) in [6, 6.07) is 0. The third kappa shape index (κ3) is 2.69. The number of piperidine rings is 1. The predicted octanol–water partition coefficient (Wildman–Crippen LogP) is 0.784. The highest BCUT2D eigenvalue weighted by molar-refractivity contribution is 7.10. The van der Waals surface area contributed by atoms with Crippen molar-refractivity contribution in [3.05, 3.63) is 5.69 Å². The van der Waals surface area contributed by atoms with Crippen LogP contribution in [0.5, 0.6) is 0 Å². The van der Waals surface area contributed by atoms with Crippen LogP contribution < -0.4 is 5.32 Å². The minimum absolute atomic E-state index is 0.327. The predicted molar refractivity (Wildman–Crippen MR) is 64.5 cm³/mol. The normalized spacial score (nSPS) is 18.9. The number of hydrogen-bond donors (Lipinski definition) is 2. The van der Waals surface area contributed by atoms with Gasteiger partial charge in [0.1, 0.15) is 10.7 Å². The maximum Gasteiger partial charge on any atom is 0.134 e. The molecule has 1 aromatic rings. The first kappa shape index (κ1) is 11.8. The fourth-order valence-electron chi connectivity index (χ4n) is 2.04. The van der Waals surface area contributed by atoms with E-state index in [2.05, 4.69) is 19.8 Å². The second-order valence-electron chi connectivity index (χ2n) is 4.20. The lowest BCUT2D eigenvalue weighted by Crippen LogP contribution is -2.34. The van der Waals surface area contributed by atoms with E-state index in [1.54, 1.807) is 0 Å². The summed E-state index contributed by atoms with van der Waals surface area (Å²) in [5.74, 6) is 0.494. The van der Waals surface area contributed by atoms with Crippen LogP contribution in [0.15, 0.2) is 0 Å². The quantitative estimate of drug-likeness (QED) is 0.817. The summed E-state index contributed by atoms with van der Waals surface area (Å²) in [5.41, 5.74) is 1.04. The van der Waals surface area contributed by atoms with Gasteiger partial charge in [-0.05, 0) is 31.8 Å². The molecule has 2 N–H and O–H groups in total. The van der Waals surface area contributed by atoms with E-state index in [4.69, 9.17) is 5.11 Å². The van der Waals surface area contributed by atoms with Gasteiger partial charge in [-0.1, -0.05) is 4.49 Å². The maximum absolute atomic E-state index is 9.07. The molecule has 0 aromatic carbocycles. The van der Waals surface area contributed by atoms with Gasteiger partial charge in [0.2, 0.25) is 0 Å². The molecule has 6 heteroatoms. The maximum atomic E-state index is 9.07. The van der Waals surface area contributed by atoms with Crippen LogP contribution in [-0.2, 0) is 6.54 Å². The molecule has 0 unspecified atom stereocenters. The first-order valence-corrected chi connectivity index (χ1v) is 6.43. The second-order valence-corrected chi connectivity index (χ2v) is 4.95. The number of aromatic nitrogens is 2. The van der Waals surface area contributed by atoms with E-state index in [-0.39, 0.29) is 0 Å². The van der Waals surface area contributed by atoms with Gasteiger partial charge in [-0.2, -0.15) is 0 Å². The van der Waals surface area contributed by atoms with Gasteiger partial charge < -0.3 is 10.4 Å². The largest absolute Gasteiger partial charge is 0.396 e. The zero-order chi connectivity index (χ0) is 11.4. The molecule has 0 saturated carbocycles. The van der Waals surface area contributed by atoms with Crippen molar-refractivity contribution in [2.45, 2.75) is 19.4 Å². The number of rotatable bonds is 4. The molecule has 1 saturated heterocycles. The van der Waals surface area contributed by atoms with Crippen LogP contribution >= 0.6 is 11.5 Å². The first-order chi connectivity index (χ1) is 7.83. The van der Waals surface area contributed by atoms with Crippen molar-refractivity contribution in [2.24, 2.45) is 5.92 Å². The molecule has 0 amide bonds. The molecule has 90 valence electrons. The van der Waals surface area contributed by atoms with Gasteiger partial charge >= 0.3 is 0 Å². The molecule has 1 aromatic heterocycles. The highest BCUT2D eigenvalue weighted by atomic mass is 32.1. The molecular weight excluding hydrogens is 224 g/mol. The van der Waals surface area contributed by atoms with Crippen LogP contribution in [0.1, 0.15) is 18.5 Å². The van der Waals surface area contributed by atoms with E-state index in [9.17, 15) is 0 Å². The molecule has 16 heavy (non-hydrogen) atoms. The summed E-state index contributed by atoms with van der Waals surface area (Å²) in [6.45, 7) is 3.29. The molecule has 0 bridgehead atoms. The molecule has 0 spiro atoms. The Kier molecular flexibility index (Phi) is 4.09. The minimum Gasteiger partial charge on any atom is -0.396 e. The number of likely N-dealkylation sites (tertiary alicyclic amines) is 1. The molecule has 1 fully saturated rings. The van der Waals surface area contributed by atoms with Crippen LogP contribution in [0.2, 0.25) is 0 Å². The van der Waals surface area contributed by atoms with Gasteiger partial charge in [0, 0.05) is 31.7 Å². The molecule has 5 nitrogen and oxygen atoms in total. The summed E-state index contributed by atoms with van der Waals surface area (Å²) in [4.78, 5) is 2.38. The fourth-order valence-corrected chi connectivity index (χ4v) is 2.56. The molecule has 0 atom stereocenters. The Morgan fingerprint density at radius 1 is 1.50 bits per heavy atom. The van der Waals surface area contributed by atoms with E-state index >= 15 is 0 Å². The van der Waals surface area contributed by atoms with Crippen molar-refractivity contribution in [3.63, 3.8) is 0 Å². The lowest BCUT2D eigenvalue weighted by atomic mass is 9.98. The third-order valence-electron chi connectivity index (χ3n) is 3.12. The number of aliphatic hydroxyl groups excluding tert-OH is 1. The van der Waals surface area contributed by atoms with Crippen molar-refractivity contribution in [1.82, 2.24) is 14.5 Å². The minimum atomic E-state index is 0.327. The average molecular weight is 242 g/mol. The van der Waals surface area contributed by atoms with E-state index in [0.29, 0.717) is 12.5 Å². The molecule has 1 aliphatic rings. The zero-order valence-electron chi connectivity index (χ0n) is 9.52. The Labute approximate surface area is 99.6 Å². The zero-order valence-corrected chi connectivity index (χ0v) is 10.3. The van der Waals surface area contributed by atoms with Gasteiger partial charge in [0.25, 0.3) is 0 Å². The number of nitrogens with zero attached hydrogens (tertiary/aromatic N) is 3. The Hall–Kier alpha value is -0.720. The highest BCUT2D eigenvalue weighted by Crippen LogP contribution is 2.22. The van der Waals surface area contributed by atoms with Gasteiger partial charge in [-0.25, -0.2) is 0 Å². The summed E-state index contributed by atoms with van der Waals surface area (Å²) < 4.78 is 3.95. The SMILES string of the molecule is CNc1snnc1CN1CCC(CO)CC1. The van der Waals surface area contributed by atoms with E-state index < -0.39 is 0 Å². The van der Waals surface area contributed by atoms with Crippen molar-refractivity contribution in [3.8, 4) is 0 Å². The van der Waals surface area contributed by atoms with Gasteiger partial charge in [-0.15, -0.1) is 5.10 Å². The summed E-state index contributed by atoms with van der Waals surface area (Å²) in [6.07, 6.45) is 2.17. The Morgan fingerprint density at radius 2 is 2.25 bits per heavy atom.